The Bertz CT molecular complexity index is 605. The monoisotopic (exact) mass is 338 g/mol. The number of hydrogen-bond donors (Lipinski definition) is 0. The van der Waals surface area contributed by atoms with Crippen LogP contribution in [0.5, 0.6) is 0 Å². The summed E-state index contributed by atoms with van der Waals surface area (Å²) in [7, 11) is 0. The number of halogens is 5. The summed E-state index contributed by atoms with van der Waals surface area (Å²) in [5.74, 6) is -2.84. The number of allylic oxidation sites excluding steroid dienone is 2. The normalized spacial score (nSPS) is 13.4. The van der Waals surface area contributed by atoms with Crippen molar-refractivity contribution in [3.63, 3.8) is 0 Å². The zero-order chi connectivity index (χ0) is 16.9. The van der Waals surface area contributed by atoms with Gasteiger partial charge in [0.15, 0.2) is 5.78 Å². The molecule has 0 aliphatic rings. The minimum absolute atomic E-state index is 0.0829. The molecule has 1 aromatic rings. The van der Waals surface area contributed by atoms with Crippen LogP contribution in [0.2, 0.25) is 0 Å². The van der Waals surface area contributed by atoms with Gasteiger partial charge in [-0.25, -0.2) is 13.8 Å². The predicted octanol–water partition coefficient (Wildman–Crippen LogP) is 4.05. The third-order valence-electron chi connectivity index (χ3n) is 2.29. The molecule has 0 saturated heterocycles. The van der Waals surface area contributed by atoms with Gasteiger partial charge in [-0.05, 0) is 13.8 Å². The van der Waals surface area contributed by atoms with E-state index in [4.69, 9.17) is 0 Å². The zero-order valence-electron chi connectivity index (χ0n) is 11.5. The second-order valence-electron chi connectivity index (χ2n) is 4.14. The van der Waals surface area contributed by atoms with Crippen LogP contribution >= 0.6 is 11.8 Å². The number of carbonyl (C=O) groups excluding carboxylic acids is 1. The van der Waals surface area contributed by atoms with Crippen LogP contribution in [-0.4, -0.2) is 22.0 Å². The molecule has 22 heavy (non-hydrogen) atoms. The molecule has 1 aromatic heterocycles. The minimum atomic E-state index is -4.79. The first-order valence-electron chi connectivity index (χ1n) is 5.86. The van der Waals surface area contributed by atoms with Crippen LogP contribution < -0.4 is 0 Å². The van der Waals surface area contributed by atoms with E-state index in [2.05, 4.69) is 9.98 Å². The summed E-state index contributed by atoms with van der Waals surface area (Å²) in [5.41, 5.74) is -1.67. The highest BCUT2D eigenvalue weighted by Crippen LogP contribution is 2.28. The fourth-order valence-electron chi connectivity index (χ4n) is 1.32. The van der Waals surface area contributed by atoms with Gasteiger partial charge in [-0.2, -0.15) is 13.2 Å². The lowest BCUT2D eigenvalue weighted by Gasteiger charge is -2.08. The molecule has 0 spiro atoms. The molecule has 1 rings (SSSR count). The van der Waals surface area contributed by atoms with E-state index < -0.39 is 29.3 Å². The van der Waals surface area contributed by atoms with E-state index in [1.807, 2.05) is 0 Å². The summed E-state index contributed by atoms with van der Waals surface area (Å²) in [6.07, 6.45) is -2.82. The second kappa shape index (κ2) is 7.48. The molecule has 0 radical (unpaired) electrons. The van der Waals surface area contributed by atoms with Crippen LogP contribution in [0.15, 0.2) is 29.2 Å². The lowest BCUT2D eigenvalue weighted by Crippen LogP contribution is -2.12. The first-order valence-corrected chi connectivity index (χ1v) is 6.85. The molecule has 3 nitrogen and oxygen atoms in total. The van der Waals surface area contributed by atoms with Crippen LogP contribution in [0.1, 0.15) is 19.4 Å². The summed E-state index contributed by atoms with van der Waals surface area (Å²) in [6, 6.07) is 0. The SMILES string of the molecule is CC(=O)/C=C(\N=C(C)SCc1c(F)cncc1F)C(F)(F)F. The number of hydrogen-bond acceptors (Lipinski definition) is 4. The molecule has 0 saturated carbocycles. The van der Waals surface area contributed by atoms with E-state index in [0.717, 1.165) is 31.1 Å². The largest absolute Gasteiger partial charge is 0.433 e. The van der Waals surface area contributed by atoms with E-state index in [9.17, 15) is 26.7 Å². The van der Waals surface area contributed by atoms with Gasteiger partial charge in [0, 0.05) is 17.4 Å². The van der Waals surface area contributed by atoms with Gasteiger partial charge in [0.05, 0.1) is 17.4 Å². The van der Waals surface area contributed by atoms with Crippen molar-refractivity contribution in [2.24, 2.45) is 4.99 Å². The molecule has 0 amide bonds. The highest BCUT2D eigenvalue weighted by atomic mass is 32.2. The highest BCUT2D eigenvalue weighted by molar-refractivity contribution is 8.13. The maximum atomic E-state index is 13.3. The summed E-state index contributed by atoms with van der Waals surface area (Å²) in [5, 5.41) is -0.0829. The highest BCUT2D eigenvalue weighted by Gasteiger charge is 2.34. The van der Waals surface area contributed by atoms with Crippen LogP contribution in [-0.2, 0) is 10.5 Å². The van der Waals surface area contributed by atoms with Gasteiger partial charge in [-0.15, -0.1) is 11.8 Å². The average Bonchev–Trinajstić information content (AvgIpc) is 2.35. The third kappa shape index (κ3) is 5.55. The lowest BCUT2D eigenvalue weighted by atomic mass is 10.3. The van der Waals surface area contributed by atoms with Crippen molar-refractivity contribution in [3.05, 3.63) is 41.4 Å². The number of nitrogens with zero attached hydrogens (tertiary/aromatic N) is 2. The number of ketones is 1. The Balaban J connectivity index is 2.91. The first-order chi connectivity index (χ1) is 10.1. The molecule has 0 atom stereocenters. The maximum Gasteiger partial charge on any atom is 0.433 e. The lowest BCUT2D eigenvalue weighted by molar-refractivity contribution is -0.114. The summed E-state index contributed by atoms with van der Waals surface area (Å²) in [4.78, 5) is 17.4. The summed E-state index contributed by atoms with van der Waals surface area (Å²) < 4.78 is 64.7. The fraction of sp³-hybridized carbons (Fsp3) is 0.308. The Morgan fingerprint density at radius 3 is 2.27 bits per heavy atom. The van der Waals surface area contributed by atoms with Gasteiger partial charge >= 0.3 is 6.18 Å². The molecule has 0 aliphatic carbocycles. The zero-order valence-corrected chi connectivity index (χ0v) is 12.4. The Labute approximate surface area is 127 Å². The van der Waals surface area contributed by atoms with Crippen molar-refractivity contribution in [2.45, 2.75) is 25.8 Å². The molecule has 0 aromatic carbocycles. The standard InChI is InChI=1S/C13H11F5N2OS/c1-7(21)3-12(13(16,17)18)20-8(2)22-6-9-10(14)4-19-5-11(9)15/h3-5H,6H2,1-2H3/b12-3-,20-8?. The van der Waals surface area contributed by atoms with Crippen molar-refractivity contribution in [1.82, 2.24) is 4.98 Å². The van der Waals surface area contributed by atoms with Crippen molar-refractivity contribution >= 4 is 22.6 Å². The molecule has 0 unspecified atom stereocenters. The molecule has 0 aliphatic heterocycles. The number of carbonyl (C=O) groups is 1. The fourth-order valence-corrected chi connectivity index (χ4v) is 2.12. The van der Waals surface area contributed by atoms with Crippen LogP contribution in [0.25, 0.3) is 0 Å². The molecule has 9 heteroatoms. The molecule has 120 valence electrons. The quantitative estimate of drug-likeness (QED) is 0.360. The molecule has 1 heterocycles. The molecule has 0 fully saturated rings. The van der Waals surface area contributed by atoms with Crippen molar-refractivity contribution in [3.8, 4) is 0 Å². The third-order valence-corrected chi connectivity index (χ3v) is 3.23. The van der Waals surface area contributed by atoms with Crippen molar-refractivity contribution in [2.75, 3.05) is 0 Å². The summed E-state index contributed by atoms with van der Waals surface area (Å²) >= 11 is 0.719. The van der Waals surface area contributed by atoms with Gasteiger partial charge in [-0.1, -0.05) is 0 Å². The van der Waals surface area contributed by atoms with Gasteiger partial charge in [-0.3, -0.25) is 9.78 Å². The van der Waals surface area contributed by atoms with Gasteiger partial charge in [0.25, 0.3) is 0 Å². The van der Waals surface area contributed by atoms with E-state index in [-0.39, 0.29) is 16.4 Å². The van der Waals surface area contributed by atoms with Gasteiger partial charge < -0.3 is 0 Å². The topological polar surface area (TPSA) is 42.3 Å². The van der Waals surface area contributed by atoms with Gasteiger partial charge in [0.1, 0.15) is 17.3 Å². The van der Waals surface area contributed by atoms with E-state index in [0.29, 0.717) is 6.08 Å². The average molecular weight is 338 g/mol. The predicted molar refractivity (Wildman–Crippen MR) is 73.4 cm³/mol. The maximum absolute atomic E-state index is 13.3. The van der Waals surface area contributed by atoms with Gasteiger partial charge in [0.2, 0.25) is 0 Å². The Kier molecular flexibility index (Phi) is 6.21. The molecule has 0 bridgehead atoms. The Morgan fingerprint density at radius 2 is 1.82 bits per heavy atom. The summed E-state index contributed by atoms with van der Waals surface area (Å²) in [6.45, 7) is 2.22. The number of rotatable bonds is 4. The van der Waals surface area contributed by atoms with Crippen molar-refractivity contribution in [1.29, 1.82) is 0 Å². The van der Waals surface area contributed by atoms with Crippen LogP contribution in [0.3, 0.4) is 0 Å². The van der Waals surface area contributed by atoms with Crippen LogP contribution in [0, 0.1) is 11.6 Å². The van der Waals surface area contributed by atoms with E-state index in [1.165, 1.54) is 6.92 Å². The van der Waals surface area contributed by atoms with E-state index in [1.54, 1.807) is 0 Å². The van der Waals surface area contributed by atoms with E-state index >= 15 is 0 Å². The molecular weight excluding hydrogens is 327 g/mol. The number of thioether (sulfide) groups is 1. The number of pyridine rings is 1. The smallest absolute Gasteiger partial charge is 0.295 e. The molecule has 0 N–H and O–H groups in total. The number of aromatic nitrogens is 1. The molecular formula is C13H11F5N2OS. The Hall–Kier alpha value is -1.77. The van der Waals surface area contributed by atoms with Crippen LogP contribution in [0.4, 0.5) is 22.0 Å². The Morgan fingerprint density at radius 1 is 1.27 bits per heavy atom. The van der Waals surface area contributed by atoms with Crippen molar-refractivity contribution < 1.29 is 26.7 Å². The number of aliphatic imine (C=N–C) groups is 1. The number of alkyl halides is 3. The first kappa shape index (κ1) is 18.3. The second-order valence-corrected chi connectivity index (χ2v) is 5.31. The minimum Gasteiger partial charge on any atom is -0.295 e.